The average molecular weight is 386 g/mol. The summed E-state index contributed by atoms with van der Waals surface area (Å²) in [7, 11) is 3.15. The molecule has 2 aromatic carbocycles. The maximum atomic E-state index is 12.2. The summed E-state index contributed by atoms with van der Waals surface area (Å²) in [5.74, 6) is 2.39. The van der Waals surface area contributed by atoms with Gasteiger partial charge in [-0.1, -0.05) is 23.9 Å². The molecule has 140 valence electrons. The van der Waals surface area contributed by atoms with Crippen LogP contribution in [0.5, 0.6) is 17.2 Å². The number of hydrogen-bond acceptors (Lipinski definition) is 8. The molecular formula is C19H18N2O5S. The topological polar surface area (TPSA) is 83.7 Å². The molecule has 0 saturated heterocycles. The molecule has 0 atom stereocenters. The lowest BCUT2D eigenvalue weighted by Gasteiger charge is -2.07. The van der Waals surface area contributed by atoms with E-state index in [-0.39, 0.29) is 18.1 Å². The summed E-state index contributed by atoms with van der Waals surface area (Å²) in [6.07, 6.45) is 0. The monoisotopic (exact) mass is 386 g/mol. The normalized spacial score (nSPS) is 10.4. The Morgan fingerprint density at radius 2 is 1.74 bits per heavy atom. The molecule has 3 aromatic rings. The third-order valence-electron chi connectivity index (χ3n) is 3.61. The zero-order valence-corrected chi connectivity index (χ0v) is 15.7. The van der Waals surface area contributed by atoms with Gasteiger partial charge in [-0.3, -0.25) is 4.79 Å². The molecule has 0 amide bonds. The maximum Gasteiger partial charge on any atom is 0.277 e. The zero-order valence-electron chi connectivity index (χ0n) is 14.9. The van der Waals surface area contributed by atoms with E-state index < -0.39 is 0 Å². The summed E-state index contributed by atoms with van der Waals surface area (Å²) in [4.78, 5) is 12.2. The number of benzene rings is 2. The molecule has 0 N–H and O–H groups in total. The SMILES string of the molecule is COc1ccc(C(=O)CSc2nnc(COc3ccccc3OC)o2)cc1. The van der Waals surface area contributed by atoms with E-state index in [1.54, 1.807) is 50.6 Å². The first-order valence-electron chi connectivity index (χ1n) is 8.08. The highest BCUT2D eigenvalue weighted by molar-refractivity contribution is 7.99. The lowest BCUT2D eigenvalue weighted by Crippen LogP contribution is -2.02. The molecule has 0 radical (unpaired) electrons. The third kappa shape index (κ3) is 5.01. The van der Waals surface area contributed by atoms with Crippen LogP contribution in [-0.2, 0) is 6.61 Å². The van der Waals surface area contributed by atoms with Crippen LogP contribution in [0.1, 0.15) is 16.2 Å². The van der Waals surface area contributed by atoms with Gasteiger partial charge in [0.25, 0.3) is 11.1 Å². The number of hydrogen-bond donors (Lipinski definition) is 0. The molecule has 27 heavy (non-hydrogen) atoms. The molecule has 7 nitrogen and oxygen atoms in total. The summed E-state index contributed by atoms with van der Waals surface area (Å²) in [5.41, 5.74) is 0.600. The first-order valence-corrected chi connectivity index (χ1v) is 9.06. The number of carbonyl (C=O) groups is 1. The zero-order chi connectivity index (χ0) is 19.1. The van der Waals surface area contributed by atoms with Crippen LogP contribution in [0.2, 0.25) is 0 Å². The number of ether oxygens (including phenoxy) is 3. The Hall–Kier alpha value is -3.00. The van der Waals surface area contributed by atoms with E-state index in [0.717, 1.165) is 0 Å². The summed E-state index contributed by atoms with van der Waals surface area (Å²) >= 11 is 1.18. The van der Waals surface area contributed by atoms with Gasteiger partial charge in [-0.15, -0.1) is 10.2 Å². The fourth-order valence-corrected chi connectivity index (χ4v) is 2.89. The van der Waals surface area contributed by atoms with Gasteiger partial charge in [-0.05, 0) is 36.4 Å². The van der Waals surface area contributed by atoms with Crippen LogP contribution >= 0.6 is 11.8 Å². The molecule has 0 bridgehead atoms. The first-order chi connectivity index (χ1) is 13.2. The lowest BCUT2D eigenvalue weighted by molar-refractivity contribution is 0.102. The van der Waals surface area contributed by atoms with Crippen LogP contribution in [0.25, 0.3) is 0 Å². The molecule has 0 aliphatic rings. The average Bonchev–Trinajstić information content (AvgIpc) is 3.18. The Morgan fingerprint density at radius 1 is 1.00 bits per heavy atom. The third-order valence-corrected chi connectivity index (χ3v) is 4.43. The Bertz CT molecular complexity index is 895. The van der Waals surface area contributed by atoms with Gasteiger partial charge in [-0.2, -0.15) is 0 Å². The predicted molar refractivity (Wildman–Crippen MR) is 99.7 cm³/mol. The highest BCUT2D eigenvalue weighted by atomic mass is 32.2. The lowest BCUT2D eigenvalue weighted by atomic mass is 10.1. The Morgan fingerprint density at radius 3 is 2.44 bits per heavy atom. The molecular weight excluding hydrogens is 368 g/mol. The number of para-hydroxylation sites is 2. The highest BCUT2D eigenvalue weighted by Gasteiger charge is 2.12. The number of aromatic nitrogens is 2. The van der Waals surface area contributed by atoms with E-state index in [4.69, 9.17) is 18.6 Å². The smallest absolute Gasteiger partial charge is 0.277 e. The van der Waals surface area contributed by atoms with E-state index in [1.807, 2.05) is 12.1 Å². The predicted octanol–water partition coefficient (Wildman–Crippen LogP) is 3.64. The van der Waals surface area contributed by atoms with Crippen LogP contribution in [0.4, 0.5) is 0 Å². The Kier molecular flexibility index (Phi) is 6.32. The molecule has 0 aliphatic heterocycles. The minimum absolute atomic E-state index is 0.0346. The second-order valence-corrected chi connectivity index (χ2v) is 6.27. The van der Waals surface area contributed by atoms with Gasteiger partial charge >= 0.3 is 0 Å². The van der Waals surface area contributed by atoms with E-state index in [1.165, 1.54) is 11.8 Å². The standard InChI is InChI=1S/C19H18N2O5S/c1-23-14-9-7-13(8-10-14)15(22)12-27-19-21-20-18(26-19)11-25-17-6-4-3-5-16(17)24-2/h3-10H,11-12H2,1-2H3. The van der Waals surface area contributed by atoms with Crippen LogP contribution in [0.15, 0.2) is 58.2 Å². The number of thioether (sulfide) groups is 1. The summed E-state index contributed by atoms with van der Waals surface area (Å²) in [5, 5.41) is 8.17. The van der Waals surface area contributed by atoms with Crippen LogP contribution in [-0.4, -0.2) is 36.0 Å². The van der Waals surface area contributed by atoms with Crippen LogP contribution < -0.4 is 14.2 Å². The number of nitrogens with zero attached hydrogens (tertiary/aromatic N) is 2. The molecule has 0 aliphatic carbocycles. The van der Waals surface area contributed by atoms with Gasteiger partial charge in [0.15, 0.2) is 23.9 Å². The van der Waals surface area contributed by atoms with Crippen molar-refractivity contribution >= 4 is 17.5 Å². The number of Topliss-reactive ketones (excluding diaryl/α,β-unsaturated/α-hetero) is 1. The minimum Gasteiger partial charge on any atom is -0.497 e. The van der Waals surface area contributed by atoms with E-state index in [2.05, 4.69) is 10.2 Å². The molecule has 0 fully saturated rings. The van der Waals surface area contributed by atoms with Crippen molar-refractivity contribution in [3.63, 3.8) is 0 Å². The van der Waals surface area contributed by atoms with Gasteiger partial charge in [0.05, 0.1) is 20.0 Å². The molecule has 0 unspecified atom stereocenters. The fraction of sp³-hybridized carbons (Fsp3) is 0.211. The van der Waals surface area contributed by atoms with Crippen LogP contribution in [0, 0.1) is 0 Å². The number of methoxy groups -OCH3 is 2. The minimum atomic E-state index is -0.0346. The number of ketones is 1. The highest BCUT2D eigenvalue weighted by Crippen LogP contribution is 2.27. The largest absolute Gasteiger partial charge is 0.497 e. The fourth-order valence-electron chi connectivity index (χ4n) is 2.22. The summed E-state index contributed by atoms with van der Waals surface area (Å²) < 4.78 is 21.4. The van der Waals surface area contributed by atoms with Crippen molar-refractivity contribution in [3.05, 3.63) is 60.0 Å². The summed E-state index contributed by atoms with van der Waals surface area (Å²) in [6, 6.07) is 14.2. The number of rotatable bonds is 9. The number of carbonyl (C=O) groups excluding carboxylic acids is 1. The first kappa shape index (κ1) is 18.8. The van der Waals surface area contributed by atoms with Crippen LogP contribution in [0.3, 0.4) is 0 Å². The molecule has 0 spiro atoms. The maximum absolute atomic E-state index is 12.2. The van der Waals surface area contributed by atoms with Gasteiger partial charge in [-0.25, -0.2) is 0 Å². The summed E-state index contributed by atoms with van der Waals surface area (Å²) in [6.45, 7) is 0.111. The molecule has 1 aromatic heterocycles. The van der Waals surface area contributed by atoms with Crippen molar-refractivity contribution in [2.24, 2.45) is 0 Å². The Balaban J connectivity index is 1.52. The molecule has 3 rings (SSSR count). The molecule has 0 saturated carbocycles. The Labute approximate surface area is 160 Å². The van der Waals surface area contributed by atoms with E-state index in [9.17, 15) is 4.79 Å². The second kappa shape index (κ2) is 9.09. The van der Waals surface area contributed by atoms with Gasteiger partial charge in [0.2, 0.25) is 0 Å². The van der Waals surface area contributed by atoms with Gasteiger partial charge in [0.1, 0.15) is 5.75 Å². The van der Waals surface area contributed by atoms with E-state index in [0.29, 0.717) is 33.9 Å². The van der Waals surface area contributed by atoms with Gasteiger partial charge < -0.3 is 18.6 Å². The van der Waals surface area contributed by atoms with Crippen molar-refractivity contribution in [1.82, 2.24) is 10.2 Å². The van der Waals surface area contributed by atoms with Crippen molar-refractivity contribution < 1.29 is 23.4 Å². The van der Waals surface area contributed by atoms with Crippen molar-refractivity contribution in [3.8, 4) is 17.2 Å². The molecule has 1 heterocycles. The molecule has 8 heteroatoms. The van der Waals surface area contributed by atoms with Crippen molar-refractivity contribution in [1.29, 1.82) is 0 Å². The van der Waals surface area contributed by atoms with Crippen molar-refractivity contribution in [2.45, 2.75) is 11.8 Å². The van der Waals surface area contributed by atoms with Crippen molar-refractivity contribution in [2.75, 3.05) is 20.0 Å². The van der Waals surface area contributed by atoms with Gasteiger partial charge in [0, 0.05) is 5.56 Å². The quantitative estimate of drug-likeness (QED) is 0.407. The second-order valence-electron chi connectivity index (χ2n) is 5.34. The van der Waals surface area contributed by atoms with E-state index >= 15 is 0 Å².